The number of halogens is 2. The first kappa shape index (κ1) is 38.2. The van der Waals surface area contributed by atoms with E-state index in [9.17, 15) is 0 Å². The van der Waals surface area contributed by atoms with Crippen LogP contribution in [-0.4, -0.2) is 12.2 Å². The summed E-state index contributed by atoms with van der Waals surface area (Å²) in [6.45, 7) is 13.3. The Hall–Kier alpha value is -4.54. The molecule has 0 fully saturated rings. The molecule has 0 heterocycles. The van der Waals surface area contributed by atoms with Gasteiger partial charge < -0.3 is 14.2 Å². The summed E-state index contributed by atoms with van der Waals surface area (Å²) in [6, 6.07) is 48.9. The van der Waals surface area contributed by atoms with E-state index >= 15 is 0 Å². The third kappa shape index (κ3) is 9.53. The summed E-state index contributed by atoms with van der Waals surface area (Å²) in [5.74, 6) is 2.98. The number of hydrogen-bond acceptors (Lipinski definition) is 3. The summed E-state index contributed by atoms with van der Waals surface area (Å²) in [7, 11) is 0. The maximum absolute atomic E-state index is 7.58. The number of para-hydroxylation sites is 2. The minimum Gasteiger partial charge on any atom is -0.457 e. The van der Waals surface area contributed by atoms with Crippen LogP contribution >= 0.6 is 23.2 Å². The second-order valence-electron chi connectivity index (χ2n) is 15.0. The maximum atomic E-state index is 7.58. The third-order valence-corrected chi connectivity index (χ3v) is 11.1. The molecule has 5 heteroatoms. The van der Waals surface area contributed by atoms with Crippen molar-refractivity contribution in [2.45, 2.75) is 77.4 Å². The highest BCUT2D eigenvalue weighted by molar-refractivity contribution is 6.31. The van der Waals surface area contributed by atoms with Crippen LogP contribution in [0.1, 0.15) is 61.1 Å². The Morgan fingerprint density at radius 1 is 0.453 bits per heavy atom. The molecule has 272 valence electrons. The highest BCUT2D eigenvalue weighted by atomic mass is 35.5. The molecule has 0 aromatic heterocycles. The van der Waals surface area contributed by atoms with E-state index in [1.807, 2.05) is 97.1 Å². The van der Waals surface area contributed by atoms with Crippen molar-refractivity contribution in [3.63, 3.8) is 0 Å². The molecule has 0 amide bonds. The minimum atomic E-state index is -0.420. The van der Waals surface area contributed by atoms with Crippen molar-refractivity contribution in [3.05, 3.63) is 189 Å². The average Bonchev–Trinajstić information content (AvgIpc) is 3.14. The average molecular weight is 744 g/mol. The fraction of sp³-hybridized carbons (Fsp3) is 0.250. The summed E-state index contributed by atoms with van der Waals surface area (Å²) in [4.78, 5) is 0. The van der Waals surface area contributed by atoms with Gasteiger partial charge in [-0.25, -0.2) is 0 Å². The lowest BCUT2D eigenvalue weighted by molar-refractivity contribution is -0.0752. The molecule has 0 aliphatic carbocycles. The SMILES string of the molecule is Cc1ccc(C(C)(C)C(Cc2cc(Oc3ccccc3)ccc2Cl)OC(Cc2cc(Oc3ccccc3)ccc2Cl)C(C)(C)c2ccc(C)cc2)cc1. The molecule has 0 aliphatic rings. The number of ether oxygens (including phenoxy) is 3. The lowest BCUT2D eigenvalue weighted by atomic mass is 9.74. The van der Waals surface area contributed by atoms with Crippen LogP contribution in [0.3, 0.4) is 0 Å². The fourth-order valence-corrected chi connectivity index (χ4v) is 7.06. The Bertz CT molecular complexity index is 1940. The quantitative estimate of drug-likeness (QED) is 0.111. The zero-order valence-electron chi connectivity index (χ0n) is 31.4. The van der Waals surface area contributed by atoms with Gasteiger partial charge in [0.2, 0.25) is 0 Å². The summed E-state index contributed by atoms with van der Waals surface area (Å²) >= 11 is 14.0. The highest BCUT2D eigenvalue weighted by Gasteiger charge is 2.40. The molecule has 6 rings (SSSR count). The summed E-state index contributed by atoms with van der Waals surface area (Å²) in [6.07, 6.45) is 0.507. The summed E-state index contributed by atoms with van der Waals surface area (Å²) in [5, 5.41) is 1.34. The number of benzene rings is 6. The number of rotatable bonds is 14. The highest BCUT2D eigenvalue weighted by Crippen LogP contribution is 2.40. The number of hydrogen-bond donors (Lipinski definition) is 0. The van der Waals surface area contributed by atoms with Gasteiger partial charge in [-0.05, 0) is 96.8 Å². The second kappa shape index (κ2) is 16.6. The van der Waals surface area contributed by atoms with Crippen LogP contribution in [0.15, 0.2) is 146 Å². The lowest BCUT2D eigenvalue weighted by Gasteiger charge is -2.43. The molecule has 0 aliphatic heterocycles. The van der Waals surface area contributed by atoms with Crippen LogP contribution in [0.2, 0.25) is 10.0 Å². The van der Waals surface area contributed by atoms with Gasteiger partial charge in [-0.15, -0.1) is 0 Å². The lowest BCUT2D eigenvalue weighted by Crippen LogP contribution is -2.46. The first-order valence-corrected chi connectivity index (χ1v) is 19.0. The van der Waals surface area contributed by atoms with Crippen molar-refractivity contribution < 1.29 is 14.2 Å². The fourth-order valence-electron chi connectivity index (χ4n) is 6.67. The van der Waals surface area contributed by atoms with Gasteiger partial charge in [0, 0.05) is 33.7 Å². The smallest absolute Gasteiger partial charge is 0.127 e. The number of aryl methyl sites for hydroxylation is 2. The molecular formula is C48H48Cl2O3. The van der Waals surface area contributed by atoms with Gasteiger partial charge in [0.05, 0.1) is 12.2 Å². The molecule has 53 heavy (non-hydrogen) atoms. The van der Waals surface area contributed by atoms with Gasteiger partial charge in [-0.1, -0.05) is 147 Å². The van der Waals surface area contributed by atoms with E-state index in [1.165, 1.54) is 22.3 Å². The van der Waals surface area contributed by atoms with E-state index < -0.39 is 10.8 Å². The van der Waals surface area contributed by atoms with Crippen LogP contribution in [-0.2, 0) is 28.4 Å². The van der Waals surface area contributed by atoms with E-state index in [4.69, 9.17) is 37.4 Å². The zero-order chi connectivity index (χ0) is 37.6. The molecule has 0 N–H and O–H groups in total. The summed E-state index contributed by atoms with van der Waals surface area (Å²) < 4.78 is 20.1. The first-order valence-electron chi connectivity index (χ1n) is 18.2. The molecule has 0 bridgehead atoms. The van der Waals surface area contributed by atoms with Gasteiger partial charge in [-0.3, -0.25) is 0 Å². The minimum absolute atomic E-state index is 0.299. The monoisotopic (exact) mass is 742 g/mol. The molecule has 3 nitrogen and oxygen atoms in total. The van der Waals surface area contributed by atoms with Crippen LogP contribution < -0.4 is 9.47 Å². The van der Waals surface area contributed by atoms with Gasteiger partial charge in [-0.2, -0.15) is 0 Å². The Morgan fingerprint density at radius 2 is 0.811 bits per heavy atom. The van der Waals surface area contributed by atoms with E-state index in [0.717, 1.165) is 34.1 Å². The molecule has 2 atom stereocenters. The van der Waals surface area contributed by atoms with E-state index in [2.05, 4.69) is 90.1 Å². The van der Waals surface area contributed by atoms with E-state index in [-0.39, 0.29) is 12.2 Å². The largest absolute Gasteiger partial charge is 0.457 e. The van der Waals surface area contributed by atoms with Gasteiger partial charge in [0.25, 0.3) is 0 Å². The Labute approximate surface area is 325 Å². The van der Waals surface area contributed by atoms with Crippen molar-refractivity contribution in [2.24, 2.45) is 0 Å². The van der Waals surface area contributed by atoms with Crippen molar-refractivity contribution in [1.82, 2.24) is 0 Å². The van der Waals surface area contributed by atoms with Gasteiger partial charge in [0.1, 0.15) is 23.0 Å². The predicted octanol–water partition coefficient (Wildman–Crippen LogP) is 13.7. The first-order chi connectivity index (χ1) is 25.4. The molecule has 0 saturated carbocycles. The molecule has 6 aromatic rings. The van der Waals surface area contributed by atoms with Crippen LogP contribution in [0.25, 0.3) is 0 Å². The Kier molecular flexibility index (Phi) is 12.0. The van der Waals surface area contributed by atoms with Crippen molar-refractivity contribution >= 4 is 23.2 Å². The van der Waals surface area contributed by atoms with Crippen molar-refractivity contribution in [1.29, 1.82) is 0 Å². The van der Waals surface area contributed by atoms with E-state index in [0.29, 0.717) is 22.9 Å². The van der Waals surface area contributed by atoms with Crippen LogP contribution in [0.5, 0.6) is 23.0 Å². The third-order valence-electron chi connectivity index (χ3n) is 10.3. The van der Waals surface area contributed by atoms with Crippen molar-refractivity contribution in [2.75, 3.05) is 0 Å². The zero-order valence-corrected chi connectivity index (χ0v) is 32.9. The molecule has 0 spiro atoms. The van der Waals surface area contributed by atoms with E-state index in [1.54, 1.807) is 0 Å². The van der Waals surface area contributed by atoms with Gasteiger partial charge >= 0.3 is 0 Å². The molecular weight excluding hydrogens is 695 g/mol. The predicted molar refractivity (Wildman–Crippen MR) is 220 cm³/mol. The molecule has 0 radical (unpaired) electrons. The standard InChI is InChI=1S/C48H48Cl2O3/c1-33-17-21-37(22-18-33)47(3,4)45(31-35-29-41(25-27-43(35)49)51-39-13-9-7-10-14-39)53-46(48(5,6)38-23-19-34(2)20-24-38)32-36-30-42(26-28-44(36)50)52-40-15-11-8-12-16-40/h7-30,45-46H,31-32H2,1-6H3. The van der Waals surface area contributed by atoms with Crippen LogP contribution in [0, 0.1) is 13.8 Å². The maximum Gasteiger partial charge on any atom is 0.127 e. The van der Waals surface area contributed by atoms with Gasteiger partial charge in [0.15, 0.2) is 0 Å². The van der Waals surface area contributed by atoms with Crippen molar-refractivity contribution in [3.8, 4) is 23.0 Å². The Morgan fingerprint density at radius 3 is 1.17 bits per heavy atom. The normalized spacial score (nSPS) is 13.0. The molecule has 0 saturated heterocycles. The summed E-state index contributed by atoms with van der Waals surface area (Å²) in [5.41, 5.74) is 5.85. The Balaban J connectivity index is 1.41. The topological polar surface area (TPSA) is 27.7 Å². The molecule has 6 aromatic carbocycles. The van der Waals surface area contributed by atoms with Crippen LogP contribution in [0.4, 0.5) is 0 Å². The molecule has 2 unspecified atom stereocenters. The second-order valence-corrected chi connectivity index (χ2v) is 15.8.